The lowest BCUT2D eigenvalue weighted by molar-refractivity contribution is -0.132. The number of carbonyl (C=O) groups excluding carboxylic acids is 1. The third kappa shape index (κ3) is 4.30. The molecule has 0 saturated carbocycles. The first-order chi connectivity index (χ1) is 8.57. The maximum Gasteiger partial charge on any atom is 0.155 e. The fourth-order valence-electron chi connectivity index (χ4n) is 3.11. The fourth-order valence-corrected chi connectivity index (χ4v) is 3.11. The molecule has 1 saturated heterocycles. The number of rotatable bonds is 4. The molecule has 2 atom stereocenters. The Labute approximate surface area is 119 Å². The van der Waals surface area contributed by atoms with Crippen LogP contribution in [0.3, 0.4) is 0 Å². The molecule has 0 amide bonds. The Hall–Kier alpha value is -0.370. The van der Waals surface area contributed by atoms with E-state index in [2.05, 4.69) is 53.4 Å². The van der Waals surface area contributed by atoms with E-state index in [1.165, 1.54) is 19.3 Å². The van der Waals surface area contributed by atoms with Gasteiger partial charge in [-0.3, -0.25) is 9.69 Å². The summed E-state index contributed by atoms with van der Waals surface area (Å²) in [6.07, 6.45) is 4.88. The molecule has 0 aromatic heterocycles. The highest BCUT2D eigenvalue weighted by Crippen LogP contribution is 2.36. The van der Waals surface area contributed by atoms with Crippen molar-refractivity contribution >= 4 is 5.78 Å². The van der Waals surface area contributed by atoms with E-state index in [0.29, 0.717) is 11.7 Å². The first-order valence-corrected chi connectivity index (χ1v) is 7.88. The van der Waals surface area contributed by atoms with Gasteiger partial charge in [0.05, 0.1) is 6.04 Å². The van der Waals surface area contributed by atoms with E-state index < -0.39 is 0 Å². The van der Waals surface area contributed by atoms with Gasteiger partial charge in [-0.05, 0) is 39.5 Å². The van der Waals surface area contributed by atoms with Crippen LogP contribution in [0.2, 0.25) is 0 Å². The lowest BCUT2D eigenvalue weighted by Crippen LogP contribution is -2.50. The van der Waals surface area contributed by atoms with Gasteiger partial charge in [-0.15, -0.1) is 0 Å². The summed E-state index contributed by atoms with van der Waals surface area (Å²) in [5.41, 5.74) is -0.139. The molecule has 1 rings (SSSR count). The van der Waals surface area contributed by atoms with Gasteiger partial charge in [0, 0.05) is 17.5 Å². The van der Waals surface area contributed by atoms with Crippen molar-refractivity contribution in [1.82, 2.24) is 4.90 Å². The topological polar surface area (TPSA) is 20.3 Å². The highest BCUT2D eigenvalue weighted by atomic mass is 16.1. The van der Waals surface area contributed by atoms with Crippen molar-refractivity contribution < 1.29 is 4.79 Å². The Bertz CT molecular complexity index is 308. The number of likely N-dealkylation sites (tertiary alicyclic amines) is 1. The van der Waals surface area contributed by atoms with E-state index in [-0.39, 0.29) is 17.0 Å². The van der Waals surface area contributed by atoms with Crippen molar-refractivity contribution in [2.45, 2.75) is 85.7 Å². The van der Waals surface area contributed by atoms with Gasteiger partial charge in [0.2, 0.25) is 0 Å². The van der Waals surface area contributed by atoms with Gasteiger partial charge in [0.15, 0.2) is 5.78 Å². The second-order valence-electron chi connectivity index (χ2n) is 8.20. The largest absolute Gasteiger partial charge is 0.297 e. The standard InChI is InChI=1S/C17H33NO/c1-8-9-10-13-11-14(15(19)16(2,3)4)18(12-13)17(5,6)7/h13-14H,8-12H2,1-7H3/t13-,14+/m1/s1. The van der Waals surface area contributed by atoms with Crippen LogP contribution in [-0.4, -0.2) is 28.8 Å². The van der Waals surface area contributed by atoms with Crippen molar-refractivity contribution in [3.63, 3.8) is 0 Å². The molecule has 19 heavy (non-hydrogen) atoms. The van der Waals surface area contributed by atoms with Gasteiger partial charge in [-0.1, -0.05) is 40.5 Å². The van der Waals surface area contributed by atoms with Gasteiger partial charge < -0.3 is 0 Å². The molecule has 0 unspecified atom stereocenters. The molecule has 0 aliphatic carbocycles. The molecule has 0 bridgehead atoms. The summed E-state index contributed by atoms with van der Waals surface area (Å²) in [5, 5.41) is 0. The van der Waals surface area contributed by atoms with E-state index in [1.807, 2.05) is 0 Å². The molecule has 1 aliphatic rings. The van der Waals surface area contributed by atoms with Gasteiger partial charge in [-0.2, -0.15) is 0 Å². The monoisotopic (exact) mass is 267 g/mol. The molecule has 2 nitrogen and oxygen atoms in total. The number of ketones is 1. The van der Waals surface area contributed by atoms with Crippen LogP contribution in [0.1, 0.15) is 74.1 Å². The summed E-state index contributed by atoms with van der Waals surface area (Å²) in [5.74, 6) is 1.12. The molecular formula is C17H33NO. The Morgan fingerprint density at radius 3 is 2.16 bits per heavy atom. The Morgan fingerprint density at radius 1 is 1.16 bits per heavy atom. The minimum atomic E-state index is -0.228. The average Bonchev–Trinajstić information content (AvgIpc) is 2.67. The quantitative estimate of drug-likeness (QED) is 0.757. The molecule has 0 N–H and O–H groups in total. The Morgan fingerprint density at radius 2 is 1.74 bits per heavy atom. The van der Waals surface area contributed by atoms with Crippen LogP contribution in [0, 0.1) is 11.3 Å². The molecule has 0 aromatic rings. The van der Waals surface area contributed by atoms with Crippen LogP contribution < -0.4 is 0 Å². The molecule has 2 heteroatoms. The summed E-state index contributed by atoms with van der Waals surface area (Å²) in [6.45, 7) is 16.2. The third-order valence-corrected chi connectivity index (χ3v) is 4.26. The molecular weight excluding hydrogens is 234 g/mol. The van der Waals surface area contributed by atoms with Crippen molar-refractivity contribution in [3.05, 3.63) is 0 Å². The van der Waals surface area contributed by atoms with Crippen LogP contribution in [-0.2, 0) is 4.79 Å². The smallest absolute Gasteiger partial charge is 0.155 e. The lowest BCUT2D eigenvalue weighted by atomic mass is 9.83. The number of hydrogen-bond donors (Lipinski definition) is 0. The van der Waals surface area contributed by atoms with Gasteiger partial charge in [-0.25, -0.2) is 0 Å². The number of hydrogen-bond acceptors (Lipinski definition) is 2. The maximum absolute atomic E-state index is 12.7. The summed E-state index contributed by atoms with van der Waals surface area (Å²) >= 11 is 0. The second-order valence-corrected chi connectivity index (χ2v) is 8.20. The number of Topliss-reactive ketones (excluding diaryl/α,β-unsaturated/α-hetero) is 1. The SMILES string of the molecule is CCCC[C@@H]1C[C@@H](C(=O)C(C)(C)C)N(C(C)(C)C)C1. The highest BCUT2D eigenvalue weighted by Gasteiger charge is 2.44. The maximum atomic E-state index is 12.7. The van der Waals surface area contributed by atoms with E-state index in [9.17, 15) is 4.79 Å². The molecule has 1 aliphatic heterocycles. The van der Waals surface area contributed by atoms with Crippen molar-refractivity contribution in [2.75, 3.05) is 6.54 Å². The van der Waals surface area contributed by atoms with E-state index in [4.69, 9.17) is 0 Å². The predicted octanol–water partition coefficient (Wildman–Crippen LogP) is 4.28. The summed E-state index contributed by atoms with van der Waals surface area (Å²) in [7, 11) is 0. The van der Waals surface area contributed by atoms with Crippen LogP contribution in [0.5, 0.6) is 0 Å². The van der Waals surface area contributed by atoms with Crippen LogP contribution in [0.25, 0.3) is 0 Å². The third-order valence-electron chi connectivity index (χ3n) is 4.26. The average molecular weight is 267 g/mol. The normalized spacial score (nSPS) is 25.8. The van der Waals surface area contributed by atoms with Crippen molar-refractivity contribution in [1.29, 1.82) is 0 Å². The van der Waals surface area contributed by atoms with E-state index >= 15 is 0 Å². The Balaban J connectivity index is 2.84. The minimum Gasteiger partial charge on any atom is -0.297 e. The summed E-state index contributed by atoms with van der Waals surface area (Å²) in [4.78, 5) is 15.1. The van der Waals surface area contributed by atoms with E-state index in [1.54, 1.807) is 0 Å². The predicted molar refractivity (Wildman–Crippen MR) is 82.3 cm³/mol. The minimum absolute atomic E-state index is 0.0898. The fraction of sp³-hybridized carbons (Fsp3) is 0.941. The molecule has 0 aromatic carbocycles. The molecule has 0 radical (unpaired) electrons. The van der Waals surface area contributed by atoms with Gasteiger partial charge >= 0.3 is 0 Å². The van der Waals surface area contributed by atoms with Crippen molar-refractivity contribution in [2.24, 2.45) is 11.3 Å². The van der Waals surface area contributed by atoms with Gasteiger partial charge in [0.25, 0.3) is 0 Å². The zero-order chi connectivity index (χ0) is 14.8. The first-order valence-electron chi connectivity index (χ1n) is 7.88. The van der Waals surface area contributed by atoms with Crippen molar-refractivity contribution in [3.8, 4) is 0 Å². The summed E-state index contributed by atoms with van der Waals surface area (Å²) < 4.78 is 0. The lowest BCUT2D eigenvalue weighted by Gasteiger charge is -2.38. The number of nitrogens with zero attached hydrogens (tertiary/aromatic N) is 1. The first kappa shape index (κ1) is 16.7. The molecule has 1 fully saturated rings. The Kier molecular flexibility index (Phi) is 5.22. The molecule has 0 spiro atoms. The van der Waals surface area contributed by atoms with E-state index in [0.717, 1.165) is 13.0 Å². The van der Waals surface area contributed by atoms with Crippen LogP contribution >= 0.6 is 0 Å². The molecule has 112 valence electrons. The zero-order valence-electron chi connectivity index (χ0n) is 14.0. The van der Waals surface area contributed by atoms with Crippen LogP contribution in [0.15, 0.2) is 0 Å². The number of carbonyl (C=O) groups is 1. The van der Waals surface area contributed by atoms with Crippen LogP contribution in [0.4, 0.5) is 0 Å². The highest BCUT2D eigenvalue weighted by molar-refractivity contribution is 5.89. The molecule has 1 heterocycles. The van der Waals surface area contributed by atoms with Gasteiger partial charge in [0.1, 0.15) is 0 Å². The zero-order valence-corrected chi connectivity index (χ0v) is 14.0. The number of unbranched alkanes of at least 4 members (excludes halogenated alkanes) is 1. The second kappa shape index (κ2) is 5.95. The summed E-state index contributed by atoms with van der Waals surface area (Å²) in [6, 6.07) is 0.127.